The van der Waals surface area contributed by atoms with Crippen molar-refractivity contribution in [3.05, 3.63) is 41.7 Å². The molecule has 1 atom stereocenters. The molecule has 1 aromatic heterocycles. The fourth-order valence-corrected chi connectivity index (χ4v) is 2.29. The van der Waals surface area contributed by atoms with Crippen molar-refractivity contribution in [3.8, 4) is 0 Å². The Morgan fingerprint density at radius 3 is 2.56 bits per heavy atom. The van der Waals surface area contributed by atoms with Crippen molar-refractivity contribution in [1.82, 2.24) is 9.97 Å². The zero-order valence-corrected chi connectivity index (χ0v) is 9.83. The van der Waals surface area contributed by atoms with Gasteiger partial charge in [0, 0.05) is 0 Å². The zero-order chi connectivity index (χ0) is 11.1. The van der Waals surface area contributed by atoms with Gasteiger partial charge in [0.2, 0.25) is 0 Å². The van der Waals surface area contributed by atoms with Crippen LogP contribution in [-0.4, -0.2) is 9.97 Å². The highest BCUT2D eigenvalue weighted by molar-refractivity contribution is 6.49. The number of hydrogen-bond donors (Lipinski definition) is 0. The monoisotopic (exact) mass is 250 g/mol. The van der Waals surface area contributed by atoms with Crippen LogP contribution in [0.4, 0.5) is 0 Å². The summed E-state index contributed by atoms with van der Waals surface area (Å²) in [5.41, 5.74) is 3.20. The number of benzene rings is 1. The van der Waals surface area contributed by atoms with E-state index in [2.05, 4.69) is 9.97 Å². The minimum atomic E-state index is -0.130. The molecule has 0 spiro atoms. The standard InChI is InChI=1S/C12H8Cl2N2/c13-7-5-6-8(14)12-11(7)15-9-3-1-2-4-10(9)16-12/h1-5,8H,6H2. The van der Waals surface area contributed by atoms with Crippen molar-refractivity contribution in [2.75, 3.05) is 0 Å². The Bertz CT molecular complexity index is 593. The summed E-state index contributed by atoms with van der Waals surface area (Å²) in [4.78, 5) is 9.03. The molecule has 0 N–H and O–H groups in total. The fourth-order valence-electron chi connectivity index (χ4n) is 1.82. The minimum absolute atomic E-state index is 0.130. The Balaban J connectivity index is 2.34. The maximum atomic E-state index is 6.21. The van der Waals surface area contributed by atoms with Gasteiger partial charge in [0.1, 0.15) is 5.69 Å². The molecule has 0 saturated carbocycles. The van der Waals surface area contributed by atoms with Crippen LogP contribution in [0.5, 0.6) is 0 Å². The van der Waals surface area contributed by atoms with E-state index >= 15 is 0 Å². The van der Waals surface area contributed by atoms with E-state index in [-0.39, 0.29) is 5.38 Å². The lowest BCUT2D eigenvalue weighted by Gasteiger charge is -2.16. The van der Waals surface area contributed by atoms with E-state index in [9.17, 15) is 0 Å². The molecule has 0 saturated heterocycles. The number of hydrogen-bond acceptors (Lipinski definition) is 2. The molecule has 3 rings (SSSR count). The summed E-state index contributed by atoms with van der Waals surface area (Å²) in [6, 6.07) is 7.72. The molecule has 0 bridgehead atoms. The molecule has 0 fully saturated rings. The molecule has 80 valence electrons. The van der Waals surface area contributed by atoms with E-state index < -0.39 is 0 Å². The highest BCUT2D eigenvalue weighted by atomic mass is 35.5. The van der Waals surface area contributed by atoms with Crippen LogP contribution in [0.2, 0.25) is 0 Å². The van der Waals surface area contributed by atoms with E-state index in [4.69, 9.17) is 23.2 Å². The average Bonchev–Trinajstić information content (AvgIpc) is 2.32. The summed E-state index contributed by atoms with van der Waals surface area (Å²) < 4.78 is 0. The smallest absolute Gasteiger partial charge is 0.105 e. The van der Waals surface area contributed by atoms with Crippen LogP contribution in [-0.2, 0) is 0 Å². The molecule has 1 aliphatic carbocycles. The van der Waals surface area contributed by atoms with Crippen molar-refractivity contribution >= 4 is 39.3 Å². The van der Waals surface area contributed by atoms with Gasteiger partial charge in [0.15, 0.2) is 0 Å². The number of para-hydroxylation sites is 2. The molecule has 1 aliphatic rings. The first kappa shape index (κ1) is 10.1. The molecule has 1 unspecified atom stereocenters. The Hall–Kier alpha value is -1.12. The summed E-state index contributed by atoms with van der Waals surface area (Å²) in [6.45, 7) is 0. The molecule has 16 heavy (non-hydrogen) atoms. The maximum Gasteiger partial charge on any atom is 0.105 e. The molecule has 2 nitrogen and oxygen atoms in total. The second-order valence-corrected chi connectivity index (χ2v) is 4.64. The van der Waals surface area contributed by atoms with E-state index in [0.717, 1.165) is 16.7 Å². The number of allylic oxidation sites excluding steroid dienone is 1. The Labute approximate surface area is 103 Å². The lowest BCUT2D eigenvalue weighted by atomic mass is 10.1. The third-order valence-electron chi connectivity index (χ3n) is 2.62. The van der Waals surface area contributed by atoms with Gasteiger partial charge in [-0.1, -0.05) is 29.8 Å². The molecule has 0 amide bonds. The van der Waals surface area contributed by atoms with Gasteiger partial charge in [-0.2, -0.15) is 0 Å². The molecule has 0 aliphatic heterocycles. The zero-order valence-electron chi connectivity index (χ0n) is 8.32. The third-order valence-corrected chi connectivity index (χ3v) is 3.34. The van der Waals surface area contributed by atoms with Gasteiger partial charge in [-0.25, -0.2) is 9.97 Å². The number of nitrogens with zero attached hydrogens (tertiary/aromatic N) is 2. The number of alkyl halides is 1. The topological polar surface area (TPSA) is 25.8 Å². The number of aromatic nitrogens is 2. The normalized spacial score (nSPS) is 19.4. The van der Waals surface area contributed by atoms with Crippen molar-refractivity contribution in [3.63, 3.8) is 0 Å². The van der Waals surface area contributed by atoms with E-state index in [0.29, 0.717) is 17.1 Å². The Morgan fingerprint density at radius 2 is 1.81 bits per heavy atom. The predicted molar refractivity (Wildman–Crippen MR) is 66.6 cm³/mol. The molecular formula is C12H8Cl2N2. The van der Waals surface area contributed by atoms with E-state index in [1.165, 1.54) is 0 Å². The first-order valence-corrected chi connectivity index (χ1v) is 5.84. The van der Waals surface area contributed by atoms with Crippen LogP contribution in [0, 0.1) is 0 Å². The van der Waals surface area contributed by atoms with E-state index in [1.807, 2.05) is 30.3 Å². The Kier molecular flexibility index (Phi) is 2.34. The first-order chi connectivity index (χ1) is 7.75. The van der Waals surface area contributed by atoms with Gasteiger partial charge in [0.25, 0.3) is 0 Å². The summed E-state index contributed by atoms with van der Waals surface area (Å²) in [5.74, 6) is 0. The average molecular weight is 251 g/mol. The lowest BCUT2D eigenvalue weighted by Crippen LogP contribution is -2.06. The quantitative estimate of drug-likeness (QED) is 0.663. The molecular weight excluding hydrogens is 243 g/mol. The number of halogens is 2. The molecule has 1 aromatic carbocycles. The van der Waals surface area contributed by atoms with Gasteiger partial charge in [0.05, 0.1) is 27.1 Å². The fraction of sp³-hybridized carbons (Fsp3) is 0.167. The largest absolute Gasteiger partial charge is 0.247 e. The molecule has 2 aromatic rings. The third kappa shape index (κ3) is 1.49. The van der Waals surface area contributed by atoms with Gasteiger partial charge >= 0.3 is 0 Å². The van der Waals surface area contributed by atoms with Gasteiger partial charge in [-0.3, -0.25) is 0 Å². The lowest BCUT2D eigenvalue weighted by molar-refractivity contribution is 0.882. The van der Waals surface area contributed by atoms with Crippen LogP contribution in [0.25, 0.3) is 16.1 Å². The number of fused-ring (bicyclic) bond motifs is 2. The van der Waals surface area contributed by atoms with Crippen LogP contribution in [0.1, 0.15) is 23.2 Å². The summed E-state index contributed by atoms with van der Waals surface area (Å²) in [6.07, 6.45) is 2.60. The first-order valence-electron chi connectivity index (χ1n) is 5.02. The predicted octanol–water partition coefficient (Wildman–Crippen LogP) is 3.89. The van der Waals surface area contributed by atoms with E-state index in [1.54, 1.807) is 0 Å². The highest BCUT2D eigenvalue weighted by Crippen LogP contribution is 2.37. The molecule has 1 heterocycles. The molecule has 0 radical (unpaired) electrons. The summed E-state index contributed by atoms with van der Waals surface area (Å²) in [5, 5.41) is 0.514. The maximum absolute atomic E-state index is 6.21. The van der Waals surface area contributed by atoms with Gasteiger partial charge in [-0.05, 0) is 18.6 Å². The van der Waals surface area contributed by atoms with Crippen LogP contribution in [0.3, 0.4) is 0 Å². The van der Waals surface area contributed by atoms with Crippen molar-refractivity contribution in [2.24, 2.45) is 0 Å². The summed E-state index contributed by atoms with van der Waals surface area (Å²) >= 11 is 12.3. The highest BCUT2D eigenvalue weighted by Gasteiger charge is 2.22. The van der Waals surface area contributed by atoms with Crippen molar-refractivity contribution < 1.29 is 0 Å². The SMILES string of the molecule is ClC1=CCC(Cl)c2nc3ccccc3nc21. The van der Waals surface area contributed by atoms with Crippen molar-refractivity contribution in [1.29, 1.82) is 0 Å². The van der Waals surface area contributed by atoms with Crippen LogP contribution in [0.15, 0.2) is 30.3 Å². The van der Waals surface area contributed by atoms with Crippen molar-refractivity contribution in [2.45, 2.75) is 11.8 Å². The van der Waals surface area contributed by atoms with Gasteiger partial charge < -0.3 is 0 Å². The minimum Gasteiger partial charge on any atom is -0.247 e. The van der Waals surface area contributed by atoms with Crippen LogP contribution < -0.4 is 0 Å². The Morgan fingerprint density at radius 1 is 1.12 bits per heavy atom. The second-order valence-electron chi connectivity index (χ2n) is 3.70. The second kappa shape index (κ2) is 3.72. The number of rotatable bonds is 0. The van der Waals surface area contributed by atoms with Gasteiger partial charge in [-0.15, -0.1) is 11.6 Å². The summed E-state index contributed by atoms with van der Waals surface area (Å²) in [7, 11) is 0. The molecule has 4 heteroatoms. The van der Waals surface area contributed by atoms with Crippen LogP contribution >= 0.6 is 23.2 Å².